The highest BCUT2D eigenvalue weighted by molar-refractivity contribution is 5.96. The molecule has 0 aromatic rings. The SMILES string of the molecule is CC(C)(O)/C(=C\C(=O)O)C(=O)O. The van der Waals surface area contributed by atoms with Crippen molar-refractivity contribution < 1.29 is 24.9 Å². The van der Waals surface area contributed by atoms with Gasteiger partial charge in [-0.15, -0.1) is 0 Å². The van der Waals surface area contributed by atoms with Crippen LogP contribution in [0.3, 0.4) is 0 Å². The number of hydrogen-bond acceptors (Lipinski definition) is 3. The van der Waals surface area contributed by atoms with E-state index < -0.39 is 23.1 Å². The quantitative estimate of drug-likeness (QED) is 0.517. The molecule has 0 bridgehead atoms. The molecule has 0 aliphatic rings. The third-order valence-corrected chi connectivity index (χ3v) is 1.16. The van der Waals surface area contributed by atoms with Crippen LogP contribution >= 0.6 is 0 Å². The number of aliphatic hydroxyl groups is 1. The summed E-state index contributed by atoms with van der Waals surface area (Å²) in [5, 5.41) is 25.9. The van der Waals surface area contributed by atoms with Crippen LogP contribution in [0.5, 0.6) is 0 Å². The topological polar surface area (TPSA) is 94.8 Å². The van der Waals surface area contributed by atoms with Gasteiger partial charge in [0.1, 0.15) is 0 Å². The zero-order valence-corrected chi connectivity index (χ0v) is 6.74. The lowest BCUT2D eigenvalue weighted by Crippen LogP contribution is -2.28. The molecule has 0 saturated carbocycles. The fraction of sp³-hybridized carbons (Fsp3) is 0.429. The molecular weight excluding hydrogens is 164 g/mol. The molecule has 0 aliphatic heterocycles. The van der Waals surface area contributed by atoms with Crippen LogP contribution in [0.25, 0.3) is 0 Å². The van der Waals surface area contributed by atoms with Crippen molar-refractivity contribution >= 4 is 11.9 Å². The molecule has 0 aromatic carbocycles. The molecule has 0 unspecified atom stereocenters. The first-order valence-corrected chi connectivity index (χ1v) is 3.16. The maximum absolute atomic E-state index is 10.4. The Bertz CT molecular complexity index is 233. The summed E-state index contributed by atoms with van der Waals surface area (Å²) < 4.78 is 0. The highest BCUT2D eigenvalue weighted by atomic mass is 16.4. The average Bonchev–Trinajstić information content (AvgIpc) is 1.79. The first kappa shape index (κ1) is 10.6. The second-order valence-electron chi connectivity index (χ2n) is 2.76. The molecule has 12 heavy (non-hydrogen) atoms. The molecule has 0 aromatic heterocycles. The van der Waals surface area contributed by atoms with Gasteiger partial charge in [-0.1, -0.05) is 0 Å². The van der Waals surface area contributed by atoms with Gasteiger partial charge in [0.15, 0.2) is 0 Å². The van der Waals surface area contributed by atoms with Crippen molar-refractivity contribution in [1.29, 1.82) is 0 Å². The van der Waals surface area contributed by atoms with Gasteiger partial charge >= 0.3 is 11.9 Å². The summed E-state index contributed by atoms with van der Waals surface area (Å²) in [6, 6.07) is 0. The molecule has 0 radical (unpaired) electrons. The van der Waals surface area contributed by atoms with Crippen molar-refractivity contribution in [3.05, 3.63) is 11.6 Å². The van der Waals surface area contributed by atoms with Gasteiger partial charge in [-0.25, -0.2) is 9.59 Å². The minimum Gasteiger partial charge on any atom is -0.478 e. The van der Waals surface area contributed by atoms with Crippen LogP contribution in [0, 0.1) is 0 Å². The molecule has 0 saturated heterocycles. The molecule has 0 heterocycles. The molecule has 0 amide bonds. The first-order chi connectivity index (χ1) is 5.25. The van der Waals surface area contributed by atoms with Crippen LogP contribution < -0.4 is 0 Å². The van der Waals surface area contributed by atoms with Crippen molar-refractivity contribution in [3.8, 4) is 0 Å². The molecule has 0 fully saturated rings. The lowest BCUT2D eigenvalue weighted by molar-refractivity contribution is -0.136. The summed E-state index contributed by atoms with van der Waals surface area (Å²) >= 11 is 0. The predicted molar refractivity (Wildman–Crippen MR) is 39.7 cm³/mol. The van der Waals surface area contributed by atoms with E-state index in [1.807, 2.05) is 0 Å². The molecular formula is C7H10O5. The summed E-state index contributed by atoms with van der Waals surface area (Å²) in [7, 11) is 0. The number of carboxylic acids is 2. The maximum Gasteiger partial charge on any atom is 0.334 e. The predicted octanol–water partition coefficient (Wildman–Crippen LogP) is -0.147. The Labute approximate surface area is 68.9 Å². The fourth-order valence-electron chi connectivity index (χ4n) is 0.624. The zero-order valence-electron chi connectivity index (χ0n) is 6.74. The van der Waals surface area contributed by atoms with Gasteiger partial charge in [0.2, 0.25) is 0 Å². The van der Waals surface area contributed by atoms with E-state index >= 15 is 0 Å². The zero-order chi connectivity index (χ0) is 9.94. The summed E-state index contributed by atoms with van der Waals surface area (Å²) in [5.74, 6) is -2.83. The smallest absolute Gasteiger partial charge is 0.334 e. The van der Waals surface area contributed by atoms with Crippen LogP contribution in [0.4, 0.5) is 0 Å². The molecule has 0 aliphatic carbocycles. The van der Waals surface area contributed by atoms with Crippen LogP contribution in [0.2, 0.25) is 0 Å². The van der Waals surface area contributed by atoms with E-state index in [1.165, 1.54) is 13.8 Å². The number of rotatable bonds is 3. The van der Waals surface area contributed by atoms with Gasteiger partial charge in [0.05, 0.1) is 11.2 Å². The van der Waals surface area contributed by atoms with E-state index in [1.54, 1.807) is 0 Å². The van der Waals surface area contributed by atoms with E-state index in [0.29, 0.717) is 6.08 Å². The van der Waals surface area contributed by atoms with E-state index in [0.717, 1.165) is 0 Å². The highest BCUT2D eigenvalue weighted by Gasteiger charge is 2.26. The minimum absolute atomic E-state index is 0.475. The van der Waals surface area contributed by atoms with Crippen molar-refractivity contribution in [2.45, 2.75) is 19.4 Å². The van der Waals surface area contributed by atoms with Crippen LogP contribution in [0.15, 0.2) is 11.6 Å². The molecule has 5 nitrogen and oxygen atoms in total. The monoisotopic (exact) mass is 174 g/mol. The summed E-state index contributed by atoms with van der Waals surface area (Å²) in [6.45, 7) is 2.41. The average molecular weight is 174 g/mol. The normalized spacial score (nSPS) is 12.8. The third-order valence-electron chi connectivity index (χ3n) is 1.16. The van der Waals surface area contributed by atoms with Gasteiger partial charge in [-0.3, -0.25) is 0 Å². The minimum atomic E-state index is -1.65. The van der Waals surface area contributed by atoms with E-state index in [4.69, 9.17) is 10.2 Å². The Morgan fingerprint density at radius 3 is 1.75 bits per heavy atom. The maximum atomic E-state index is 10.4. The third kappa shape index (κ3) is 3.16. The van der Waals surface area contributed by atoms with Crippen LogP contribution in [-0.2, 0) is 9.59 Å². The summed E-state index contributed by atoms with van der Waals surface area (Å²) in [4.78, 5) is 20.5. The lowest BCUT2D eigenvalue weighted by Gasteiger charge is -2.16. The molecule has 0 rings (SSSR count). The van der Waals surface area contributed by atoms with Gasteiger partial charge in [0, 0.05) is 6.08 Å². The van der Waals surface area contributed by atoms with E-state index in [9.17, 15) is 14.7 Å². The Balaban J connectivity index is 4.94. The van der Waals surface area contributed by atoms with E-state index in [-0.39, 0.29) is 0 Å². The first-order valence-electron chi connectivity index (χ1n) is 3.16. The van der Waals surface area contributed by atoms with Gasteiger partial charge in [-0.2, -0.15) is 0 Å². The van der Waals surface area contributed by atoms with E-state index in [2.05, 4.69) is 0 Å². The number of aliphatic carboxylic acids is 2. The largest absolute Gasteiger partial charge is 0.478 e. The summed E-state index contributed by atoms with van der Waals surface area (Å²) in [6.07, 6.45) is 0.475. The van der Waals surface area contributed by atoms with Gasteiger partial charge < -0.3 is 15.3 Å². The number of hydrogen-bond donors (Lipinski definition) is 3. The Hall–Kier alpha value is -1.36. The second-order valence-corrected chi connectivity index (χ2v) is 2.76. The lowest BCUT2D eigenvalue weighted by atomic mass is 9.98. The standard InChI is InChI=1S/C7H10O5/c1-7(2,12)4(6(10)11)3-5(8)9/h3,12H,1-2H3,(H,8,9)(H,10,11)/b4-3-. The highest BCUT2D eigenvalue weighted by Crippen LogP contribution is 2.14. The van der Waals surface area contributed by atoms with Crippen molar-refractivity contribution in [2.75, 3.05) is 0 Å². The second kappa shape index (κ2) is 3.36. The summed E-state index contributed by atoms with van der Waals surface area (Å²) in [5.41, 5.74) is -2.19. The molecule has 5 heteroatoms. The Morgan fingerprint density at radius 2 is 1.67 bits per heavy atom. The van der Waals surface area contributed by atoms with Crippen molar-refractivity contribution in [3.63, 3.8) is 0 Å². The fourth-order valence-corrected chi connectivity index (χ4v) is 0.624. The number of carbonyl (C=O) groups is 2. The van der Waals surface area contributed by atoms with Crippen LogP contribution in [0.1, 0.15) is 13.8 Å². The van der Waals surface area contributed by atoms with Gasteiger partial charge in [-0.05, 0) is 13.8 Å². The van der Waals surface area contributed by atoms with Crippen molar-refractivity contribution in [1.82, 2.24) is 0 Å². The van der Waals surface area contributed by atoms with Gasteiger partial charge in [0.25, 0.3) is 0 Å². The van der Waals surface area contributed by atoms with Crippen LogP contribution in [-0.4, -0.2) is 32.9 Å². The molecule has 68 valence electrons. The molecule has 0 atom stereocenters. The molecule has 3 N–H and O–H groups in total. The number of carboxylic acid groups (broad SMARTS) is 2. The Morgan fingerprint density at radius 1 is 1.25 bits per heavy atom. The molecule has 0 spiro atoms. The van der Waals surface area contributed by atoms with Crippen molar-refractivity contribution in [2.24, 2.45) is 0 Å². The Kier molecular flexibility index (Phi) is 2.98.